The second-order valence-electron chi connectivity index (χ2n) is 6.30. The van der Waals surface area contributed by atoms with Crippen LogP contribution >= 0.6 is 0 Å². The quantitative estimate of drug-likeness (QED) is 0.682. The van der Waals surface area contributed by atoms with Gasteiger partial charge in [0.2, 0.25) is 5.95 Å². The van der Waals surface area contributed by atoms with Crippen LogP contribution in [0.4, 0.5) is 30.6 Å². The van der Waals surface area contributed by atoms with Gasteiger partial charge >= 0.3 is 6.18 Å². The number of alkyl halides is 3. The summed E-state index contributed by atoms with van der Waals surface area (Å²) in [6.45, 7) is 2.47. The van der Waals surface area contributed by atoms with Crippen molar-refractivity contribution < 1.29 is 18.0 Å². The van der Waals surface area contributed by atoms with Crippen molar-refractivity contribution in [3.63, 3.8) is 0 Å². The van der Waals surface area contributed by atoms with Gasteiger partial charge in [0.25, 0.3) is 0 Å². The summed E-state index contributed by atoms with van der Waals surface area (Å²) in [5, 5.41) is 12.9. The molecule has 0 spiro atoms. The van der Waals surface area contributed by atoms with E-state index in [1.165, 1.54) is 7.05 Å². The first kappa shape index (κ1) is 19.1. The Morgan fingerprint density at radius 2 is 2.11 bits per heavy atom. The third-order valence-electron chi connectivity index (χ3n) is 4.56. The Kier molecular flexibility index (Phi) is 5.31. The van der Waals surface area contributed by atoms with E-state index < -0.39 is 11.7 Å². The second-order valence-corrected chi connectivity index (χ2v) is 6.30. The Balaban J connectivity index is 1.77. The molecule has 146 valence electrons. The lowest BCUT2D eigenvalue weighted by molar-refractivity contribution is -0.137. The molecular formula is C16H20F3N7O. The van der Waals surface area contributed by atoms with Crippen LogP contribution in [0.2, 0.25) is 0 Å². The van der Waals surface area contributed by atoms with Crippen LogP contribution < -0.4 is 16.0 Å². The summed E-state index contributed by atoms with van der Waals surface area (Å²) in [4.78, 5) is 18.5. The molecule has 8 nitrogen and oxygen atoms in total. The third kappa shape index (κ3) is 4.02. The number of halogens is 3. The molecule has 1 aliphatic heterocycles. The van der Waals surface area contributed by atoms with Gasteiger partial charge in [0, 0.05) is 19.8 Å². The fraction of sp³-hybridized carbons (Fsp3) is 0.500. The average Bonchev–Trinajstić information content (AvgIpc) is 3.01. The van der Waals surface area contributed by atoms with Gasteiger partial charge in [-0.1, -0.05) is 0 Å². The highest BCUT2D eigenvalue weighted by atomic mass is 19.4. The van der Waals surface area contributed by atoms with E-state index >= 15 is 0 Å². The molecule has 0 amide bonds. The molecule has 0 aliphatic carbocycles. The van der Waals surface area contributed by atoms with E-state index in [1.54, 1.807) is 6.20 Å². The van der Waals surface area contributed by atoms with E-state index in [0.29, 0.717) is 12.2 Å². The maximum Gasteiger partial charge on any atom is 0.421 e. The predicted octanol–water partition coefficient (Wildman–Crippen LogP) is 2.28. The number of piperidine rings is 1. The Morgan fingerprint density at radius 1 is 1.33 bits per heavy atom. The maximum atomic E-state index is 12.9. The molecule has 11 heteroatoms. The first-order valence-corrected chi connectivity index (χ1v) is 8.45. The van der Waals surface area contributed by atoms with Crippen LogP contribution in [0.15, 0.2) is 12.4 Å². The van der Waals surface area contributed by atoms with Crippen LogP contribution in [0.5, 0.6) is 0 Å². The lowest BCUT2D eigenvalue weighted by Gasteiger charge is -2.28. The van der Waals surface area contributed by atoms with Crippen LogP contribution in [0.3, 0.4) is 0 Å². The number of nitrogens with one attached hydrogen (secondary N) is 3. The number of carbonyl (C=O) groups excluding carboxylic acids is 1. The molecule has 2 aromatic heterocycles. The Morgan fingerprint density at radius 3 is 2.70 bits per heavy atom. The van der Waals surface area contributed by atoms with Gasteiger partial charge in [0.05, 0.1) is 29.7 Å². The van der Waals surface area contributed by atoms with E-state index in [-0.39, 0.29) is 23.8 Å². The summed E-state index contributed by atoms with van der Waals surface area (Å²) in [7, 11) is 1.37. The summed E-state index contributed by atoms with van der Waals surface area (Å²) >= 11 is 0. The predicted molar refractivity (Wildman–Crippen MR) is 93.0 cm³/mol. The zero-order chi connectivity index (χ0) is 19.6. The molecule has 0 bridgehead atoms. The molecule has 2 atom stereocenters. The van der Waals surface area contributed by atoms with E-state index in [2.05, 4.69) is 31.0 Å². The van der Waals surface area contributed by atoms with Crippen molar-refractivity contribution in [3.8, 4) is 0 Å². The largest absolute Gasteiger partial charge is 0.421 e. The Bertz CT molecular complexity index is 813. The Labute approximate surface area is 153 Å². The molecule has 3 N–H and O–H groups in total. The molecule has 1 aliphatic rings. The van der Waals surface area contributed by atoms with Crippen molar-refractivity contribution >= 4 is 23.7 Å². The normalized spacial score (nSPS) is 20.3. The van der Waals surface area contributed by atoms with Gasteiger partial charge in [-0.2, -0.15) is 23.3 Å². The molecule has 27 heavy (non-hydrogen) atoms. The fourth-order valence-electron chi connectivity index (χ4n) is 3.06. The van der Waals surface area contributed by atoms with Gasteiger partial charge < -0.3 is 20.7 Å². The van der Waals surface area contributed by atoms with Gasteiger partial charge in [-0.3, -0.25) is 4.68 Å². The molecule has 2 unspecified atom stereocenters. The van der Waals surface area contributed by atoms with Crippen molar-refractivity contribution in [1.29, 1.82) is 0 Å². The van der Waals surface area contributed by atoms with Crippen LogP contribution in [-0.4, -0.2) is 45.7 Å². The van der Waals surface area contributed by atoms with Crippen LogP contribution in [0.1, 0.15) is 30.1 Å². The zero-order valence-corrected chi connectivity index (χ0v) is 14.8. The molecule has 3 rings (SSSR count). The second kappa shape index (κ2) is 7.51. The number of aldehydes is 1. The van der Waals surface area contributed by atoms with Gasteiger partial charge in [0.15, 0.2) is 0 Å². The summed E-state index contributed by atoms with van der Waals surface area (Å²) in [6, 6.07) is -0.0339. The molecule has 0 radical (unpaired) electrons. The van der Waals surface area contributed by atoms with Crippen molar-refractivity contribution in [1.82, 2.24) is 25.1 Å². The van der Waals surface area contributed by atoms with Crippen molar-refractivity contribution in [3.05, 3.63) is 23.7 Å². The van der Waals surface area contributed by atoms with E-state index in [9.17, 15) is 18.0 Å². The van der Waals surface area contributed by atoms with Gasteiger partial charge in [-0.25, -0.2) is 4.98 Å². The van der Waals surface area contributed by atoms with E-state index in [0.717, 1.165) is 31.0 Å². The van der Waals surface area contributed by atoms with Crippen molar-refractivity contribution in [2.75, 3.05) is 24.2 Å². The molecular weight excluding hydrogens is 363 g/mol. The SMILES string of the molecule is CNc1nc(Nc2cnn(C3CCC(C=O)NC3)c2C)ncc1C(F)(F)F. The van der Waals surface area contributed by atoms with Crippen LogP contribution in [0, 0.1) is 6.92 Å². The lowest BCUT2D eigenvalue weighted by Crippen LogP contribution is -2.41. The third-order valence-corrected chi connectivity index (χ3v) is 4.56. The van der Waals surface area contributed by atoms with Crippen LogP contribution in [0.25, 0.3) is 0 Å². The molecule has 3 heterocycles. The molecule has 2 aromatic rings. The summed E-state index contributed by atoms with van der Waals surface area (Å²) in [5.41, 5.74) is 0.483. The molecule has 0 saturated carbocycles. The van der Waals surface area contributed by atoms with E-state index in [1.807, 2.05) is 11.6 Å². The number of carbonyl (C=O) groups is 1. The van der Waals surface area contributed by atoms with Gasteiger partial charge in [-0.15, -0.1) is 0 Å². The van der Waals surface area contributed by atoms with Crippen LogP contribution in [-0.2, 0) is 11.0 Å². The first-order chi connectivity index (χ1) is 12.8. The monoisotopic (exact) mass is 383 g/mol. The Hall–Kier alpha value is -2.69. The number of anilines is 3. The minimum absolute atomic E-state index is 0.0396. The minimum atomic E-state index is -4.54. The van der Waals surface area contributed by atoms with Gasteiger partial charge in [0.1, 0.15) is 17.7 Å². The highest BCUT2D eigenvalue weighted by Gasteiger charge is 2.35. The summed E-state index contributed by atoms with van der Waals surface area (Å²) in [6.07, 6.45) is 0.223. The lowest BCUT2D eigenvalue weighted by atomic mass is 10.0. The number of rotatable bonds is 5. The first-order valence-electron chi connectivity index (χ1n) is 8.45. The standard InChI is InChI=1S/C16H20F3N7O/c1-9-13(7-23-26(9)11-4-3-10(8-27)21-5-11)24-15-22-6-12(16(17,18)19)14(20-2)25-15/h6-8,10-11,21H,3-5H2,1-2H3,(H2,20,22,24,25). The van der Waals surface area contributed by atoms with E-state index in [4.69, 9.17) is 0 Å². The minimum Gasteiger partial charge on any atom is -0.372 e. The average molecular weight is 383 g/mol. The molecule has 1 fully saturated rings. The van der Waals surface area contributed by atoms with Crippen molar-refractivity contribution in [2.24, 2.45) is 0 Å². The number of aromatic nitrogens is 4. The van der Waals surface area contributed by atoms with Gasteiger partial charge in [-0.05, 0) is 19.8 Å². The highest BCUT2D eigenvalue weighted by molar-refractivity contribution is 5.58. The fourth-order valence-corrected chi connectivity index (χ4v) is 3.06. The summed E-state index contributed by atoms with van der Waals surface area (Å²) in [5.74, 6) is -0.265. The number of nitrogens with zero attached hydrogens (tertiary/aromatic N) is 4. The summed E-state index contributed by atoms with van der Waals surface area (Å²) < 4.78 is 40.6. The molecule has 1 saturated heterocycles. The maximum absolute atomic E-state index is 12.9. The number of hydrogen-bond donors (Lipinski definition) is 3. The smallest absolute Gasteiger partial charge is 0.372 e. The molecule has 0 aromatic carbocycles. The zero-order valence-electron chi connectivity index (χ0n) is 14.8. The van der Waals surface area contributed by atoms with Crippen molar-refractivity contribution in [2.45, 2.75) is 38.0 Å². The number of hydrogen-bond acceptors (Lipinski definition) is 7. The topological polar surface area (TPSA) is 96.8 Å². The highest BCUT2D eigenvalue weighted by Crippen LogP contribution is 2.34.